The van der Waals surface area contributed by atoms with E-state index in [0.717, 1.165) is 12.8 Å². The predicted octanol–water partition coefficient (Wildman–Crippen LogP) is 0.798. The van der Waals surface area contributed by atoms with Gasteiger partial charge in [0.25, 0.3) is 0 Å². The van der Waals surface area contributed by atoms with Gasteiger partial charge in [-0.3, -0.25) is 4.79 Å². The van der Waals surface area contributed by atoms with E-state index < -0.39 is 0 Å². The number of carbonyl (C=O) groups is 1. The quantitative estimate of drug-likeness (QED) is 0.705. The first-order valence-electron chi connectivity index (χ1n) is 6.09. The molecule has 1 heterocycles. The van der Waals surface area contributed by atoms with Gasteiger partial charge in [-0.05, 0) is 12.3 Å². The summed E-state index contributed by atoms with van der Waals surface area (Å²) < 4.78 is 1.88. The second kappa shape index (κ2) is 7.84. The van der Waals surface area contributed by atoms with Crippen molar-refractivity contribution < 1.29 is 9.90 Å². The van der Waals surface area contributed by atoms with Crippen molar-refractivity contribution in [3.05, 3.63) is 18.7 Å². The molecule has 0 aliphatic heterocycles. The van der Waals surface area contributed by atoms with Crippen LogP contribution in [0.15, 0.2) is 18.7 Å². The second-order valence-corrected chi connectivity index (χ2v) is 4.14. The molecule has 1 aromatic heterocycles. The summed E-state index contributed by atoms with van der Waals surface area (Å²) in [5.41, 5.74) is 0. The highest BCUT2D eigenvalue weighted by molar-refractivity contribution is 5.75. The fraction of sp³-hybridized carbons (Fsp3) is 0.667. The molecule has 5 heteroatoms. The van der Waals surface area contributed by atoms with Crippen LogP contribution in [0.4, 0.5) is 0 Å². The summed E-state index contributed by atoms with van der Waals surface area (Å²) in [5.74, 6) is 0.423. The largest absolute Gasteiger partial charge is 0.396 e. The number of carbonyl (C=O) groups excluding carboxylic acids is 1. The Morgan fingerprint density at radius 3 is 3.00 bits per heavy atom. The minimum Gasteiger partial charge on any atom is -0.396 e. The van der Waals surface area contributed by atoms with E-state index in [1.165, 1.54) is 0 Å². The van der Waals surface area contributed by atoms with E-state index in [2.05, 4.69) is 17.2 Å². The number of nitrogens with one attached hydrogen (secondary N) is 1. The average molecular weight is 239 g/mol. The Bertz CT molecular complexity index is 312. The van der Waals surface area contributed by atoms with Crippen LogP contribution in [0, 0.1) is 5.92 Å². The maximum Gasteiger partial charge on any atom is 0.221 e. The number of aromatic nitrogens is 2. The highest BCUT2D eigenvalue weighted by Gasteiger charge is 2.07. The molecule has 5 nitrogen and oxygen atoms in total. The van der Waals surface area contributed by atoms with E-state index in [1.807, 2.05) is 10.8 Å². The molecule has 96 valence electrons. The van der Waals surface area contributed by atoms with Gasteiger partial charge < -0.3 is 15.0 Å². The van der Waals surface area contributed by atoms with E-state index in [0.29, 0.717) is 25.4 Å². The number of aliphatic hydroxyl groups is 1. The van der Waals surface area contributed by atoms with Gasteiger partial charge in [-0.1, -0.05) is 13.3 Å². The number of aryl methyl sites for hydroxylation is 1. The predicted molar refractivity (Wildman–Crippen MR) is 65.3 cm³/mol. The van der Waals surface area contributed by atoms with Crippen LogP contribution in [0.25, 0.3) is 0 Å². The molecule has 0 aliphatic carbocycles. The second-order valence-electron chi connectivity index (χ2n) is 4.14. The third-order valence-electron chi connectivity index (χ3n) is 2.86. The highest BCUT2D eigenvalue weighted by Crippen LogP contribution is 2.05. The third-order valence-corrected chi connectivity index (χ3v) is 2.86. The number of imidazole rings is 1. The van der Waals surface area contributed by atoms with E-state index in [9.17, 15) is 4.79 Å². The first-order valence-corrected chi connectivity index (χ1v) is 6.09. The van der Waals surface area contributed by atoms with Crippen LogP contribution >= 0.6 is 0 Å². The average Bonchev–Trinajstić information content (AvgIpc) is 2.85. The zero-order valence-electron chi connectivity index (χ0n) is 10.3. The lowest BCUT2D eigenvalue weighted by molar-refractivity contribution is -0.121. The highest BCUT2D eigenvalue weighted by atomic mass is 16.3. The monoisotopic (exact) mass is 239 g/mol. The van der Waals surface area contributed by atoms with E-state index in [1.54, 1.807) is 12.5 Å². The van der Waals surface area contributed by atoms with Gasteiger partial charge in [-0.2, -0.15) is 0 Å². The van der Waals surface area contributed by atoms with Crippen molar-refractivity contribution in [3.63, 3.8) is 0 Å². The van der Waals surface area contributed by atoms with Gasteiger partial charge in [0.05, 0.1) is 6.33 Å². The van der Waals surface area contributed by atoms with E-state index in [4.69, 9.17) is 5.11 Å². The summed E-state index contributed by atoms with van der Waals surface area (Å²) in [5, 5.41) is 11.7. The van der Waals surface area contributed by atoms with Crippen molar-refractivity contribution in [2.75, 3.05) is 13.2 Å². The summed E-state index contributed by atoms with van der Waals surface area (Å²) >= 11 is 0. The fourth-order valence-electron chi connectivity index (χ4n) is 1.63. The number of hydrogen-bond acceptors (Lipinski definition) is 3. The Morgan fingerprint density at radius 1 is 1.59 bits per heavy atom. The molecule has 0 aromatic carbocycles. The van der Waals surface area contributed by atoms with Crippen molar-refractivity contribution in [2.24, 2.45) is 5.92 Å². The van der Waals surface area contributed by atoms with Crippen molar-refractivity contribution in [3.8, 4) is 0 Å². The molecule has 0 radical (unpaired) electrons. The van der Waals surface area contributed by atoms with Crippen LogP contribution in [0.3, 0.4) is 0 Å². The van der Waals surface area contributed by atoms with Crippen molar-refractivity contribution in [1.29, 1.82) is 0 Å². The Morgan fingerprint density at radius 2 is 2.41 bits per heavy atom. The van der Waals surface area contributed by atoms with Gasteiger partial charge in [-0.25, -0.2) is 4.98 Å². The number of aliphatic hydroxyl groups excluding tert-OH is 1. The first kappa shape index (κ1) is 13.7. The maximum atomic E-state index is 11.6. The molecule has 2 N–H and O–H groups in total. The molecule has 1 aromatic rings. The van der Waals surface area contributed by atoms with Crippen molar-refractivity contribution >= 4 is 5.91 Å². The fourth-order valence-corrected chi connectivity index (χ4v) is 1.63. The molecule has 1 rings (SSSR count). The zero-order valence-corrected chi connectivity index (χ0v) is 10.3. The summed E-state index contributed by atoms with van der Waals surface area (Å²) in [4.78, 5) is 15.5. The smallest absolute Gasteiger partial charge is 0.221 e. The van der Waals surface area contributed by atoms with Gasteiger partial charge in [0, 0.05) is 38.5 Å². The summed E-state index contributed by atoms with van der Waals surface area (Å²) in [6, 6.07) is 0. The normalized spacial score (nSPS) is 12.4. The Kier molecular flexibility index (Phi) is 6.32. The lowest BCUT2D eigenvalue weighted by atomic mass is 10.0. The van der Waals surface area contributed by atoms with Gasteiger partial charge in [0.2, 0.25) is 5.91 Å². The van der Waals surface area contributed by atoms with Crippen molar-refractivity contribution in [1.82, 2.24) is 14.9 Å². The minimum atomic E-state index is 0.0510. The van der Waals surface area contributed by atoms with E-state index in [-0.39, 0.29) is 12.5 Å². The number of nitrogens with zero attached hydrogens (tertiary/aromatic N) is 2. The van der Waals surface area contributed by atoms with Crippen molar-refractivity contribution in [2.45, 2.75) is 32.7 Å². The van der Waals surface area contributed by atoms with Gasteiger partial charge in [-0.15, -0.1) is 0 Å². The summed E-state index contributed by atoms with van der Waals surface area (Å²) in [6.45, 7) is 3.56. The molecule has 0 fully saturated rings. The number of rotatable bonds is 8. The lowest BCUT2D eigenvalue weighted by Crippen LogP contribution is -2.30. The SMILES string of the molecule is CCC(CCO)CNC(=O)CCn1ccnc1. The first-order chi connectivity index (χ1) is 8.26. The van der Waals surface area contributed by atoms with Gasteiger partial charge >= 0.3 is 0 Å². The van der Waals surface area contributed by atoms with Crippen LogP contribution in [-0.2, 0) is 11.3 Å². The number of hydrogen-bond donors (Lipinski definition) is 2. The maximum absolute atomic E-state index is 11.6. The van der Waals surface area contributed by atoms with E-state index >= 15 is 0 Å². The van der Waals surface area contributed by atoms with Gasteiger partial charge in [0.15, 0.2) is 0 Å². The third kappa shape index (κ3) is 5.49. The van der Waals surface area contributed by atoms with Crippen LogP contribution < -0.4 is 5.32 Å². The Hall–Kier alpha value is -1.36. The standard InChI is InChI=1S/C12H21N3O2/c1-2-11(4-8-16)9-14-12(17)3-6-15-7-5-13-10-15/h5,7,10-11,16H,2-4,6,8-9H2,1H3,(H,14,17). The molecule has 1 atom stereocenters. The molecule has 1 unspecified atom stereocenters. The summed E-state index contributed by atoms with van der Waals surface area (Å²) in [6.07, 6.45) is 7.43. The zero-order chi connectivity index (χ0) is 12.5. The van der Waals surface area contributed by atoms with Crippen LogP contribution in [0.1, 0.15) is 26.2 Å². The Balaban J connectivity index is 2.16. The molecule has 1 amide bonds. The minimum absolute atomic E-state index is 0.0510. The molecule has 0 aliphatic rings. The number of amides is 1. The van der Waals surface area contributed by atoms with Crippen LogP contribution in [0.2, 0.25) is 0 Å². The molecule has 0 saturated heterocycles. The van der Waals surface area contributed by atoms with Gasteiger partial charge in [0.1, 0.15) is 0 Å². The molecular weight excluding hydrogens is 218 g/mol. The molecule has 0 spiro atoms. The topological polar surface area (TPSA) is 67.2 Å². The van der Waals surface area contributed by atoms with Crippen LogP contribution in [-0.4, -0.2) is 33.7 Å². The molecule has 0 saturated carbocycles. The lowest BCUT2D eigenvalue weighted by Gasteiger charge is -2.14. The summed E-state index contributed by atoms with van der Waals surface area (Å²) in [7, 11) is 0. The Labute approximate surface area is 102 Å². The molecule has 0 bridgehead atoms. The molecule has 17 heavy (non-hydrogen) atoms. The van der Waals surface area contributed by atoms with Crippen LogP contribution in [0.5, 0.6) is 0 Å². The molecular formula is C12H21N3O2.